The van der Waals surface area contributed by atoms with Crippen LogP contribution in [0.25, 0.3) is 10.9 Å². The van der Waals surface area contributed by atoms with E-state index >= 15 is 0 Å². The maximum atomic E-state index is 12.7. The molecule has 7 nitrogen and oxygen atoms in total. The maximum absolute atomic E-state index is 12.7. The van der Waals surface area contributed by atoms with Gasteiger partial charge in [-0.1, -0.05) is 32.0 Å². The van der Waals surface area contributed by atoms with Crippen LogP contribution in [-0.2, 0) is 20.8 Å². The van der Waals surface area contributed by atoms with Gasteiger partial charge in [0.2, 0.25) is 11.8 Å². The molecule has 2 rings (SSSR count). The van der Waals surface area contributed by atoms with Crippen LogP contribution >= 0.6 is 0 Å². The second-order valence-electron chi connectivity index (χ2n) is 7.69. The molecule has 1 aromatic heterocycles. The first-order valence-corrected chi connectivity index (χ1v) is 8.98. The topological polar surface area (TPSA) is 111 Å². The minimum atomic E-state index is -1.09. The molecule has 0 aliphatic rings. The number of nitrogens with one attached hydrogen (secondary N) is 3. The highest BCUT2D eigenvalue weighted by molar-refractivity contribution is 5.90. The fourth-order valence-electron chi connectivity index (χ4n) is 2.57. The fourth-order valence-corrected chi connectivity index (χ4v) is 2.57. The first-order chi connectivity index (χ1) is 12.6. The highest BCUT2D eigenvalue weighted by atomic mass is 16.4. The Bertz CT molecular complexity index is 839. The predicted octanol–water partition coefficient (Wildman–Crippen LogP) is 2.08. The summed E-state index contributed by atoms with van der Waals surface area (Å²) in [6.45, 7) is 6.56. The van der Waals surface area contributed by atoms with Crippen LogP contribution in [0.3, 0.4) is 0 Å². The number of H-pyrrole nitrogens is 1. The second-order valence-corrected chi connectivity index (χ2v) is 7.69. The summed E-state index contributed by atoms with van der Waals surface area (Å²) in [5.41, 5.74) is 0.768. The lowest BCUT2D eigenvalue weighted by Crippen LogP contribution is -2.51. The van der Waals surface area contributed by atoms with E-state index in [1.807, 2.05) is 30.5 Å². The van der Waals surface area contributed by atoms with Gasteiger partial charge in [0.15, 0.2) is 0 Å². The molecule has 4 N–H and O–H groups in total. The molecule has 1 heterocycles. The number of para-hydroxylation sites is 1. The third-order valence-electron chi connectivity index (χ3n) is 4.54. The Kier molecular flexibility index (Phi) is 6.25. The van der Waals surface area contributed by atoms with E-state index in [0.717, 1.165) is 16.5 Å². The molecule has 0 radical (unpaired) electrons. The lowest BCUT2D eigenvalue weighted by atomic mass is 9.93. The largest absolute Gasteiger partial charge is 0.481 e. The summed E-state index contributed by atoms with van der Waals surface area (Å²) in [4.78, 5) is 39.3. The fraction of sp³-hybridized carbons (Fsp3) is 0.450. The van der Waals surface area contributed by atoms with Crippen LogP contribution in [0.15, 0.2) is 30.5 Å². The van der Waals surface area contributed by atoms with E-state index in [-0.39, 0.29) is 18.4 Å². The molecule has 0 fully saturated rings. The molecule has 0 saturated carbocycles. The van der Waals surface area contributed by atoms with Crippen LogP contribution in [0.2, 0.25) is 0 Å². The molecule has 7 heteroatoms. The van der Waals surface area contributed by atoms with Crippen molar-refractivity contribution in [2.75, 3.05) is 6.54 Å². The van der Waals surface area contributed by atoms with E-state index in [1.165, 1.54) is 13.8 Å². The number of carboxylic acids is 1. The monoisotopic (exact) mass is 373 g/mol. The van der Waals surface area contributed by atoms with Gasteiger partial charge in [-0.2, -0.15) is 0 Å². The Hall–Kier alpha value is -2.83. The Morgan fingerprint density at radius 3 is 2.44 bits per heavy atom. The lowest BCUT2D eigenvalue weighted by molar-refractivity contribution is -0.147. The standard InChI is InChI=1S/C20H27N3O4/c1-12(2)17(24)23-16(18(25)22-11-20(3,4)19(26)27)9-13-10-21-15-8-6-5-7-14(13)15/h5-8,10,12,16,21H,9,11H2,1-4H3,(H,22,25)(H,23,24)(H,26,27). The SMILES string of the molecule is CC(C)C(=O)NC(Cc1c[nH]c2ccccc12)C(=O)NCC(C)(C)C(=O)O. The number of aromatic nitrogens is 1. The minimum absolute atomic E-state index is 0.0247. The normalized spacial score (nSPS) is 12.8. The van der Waals surface area contributed by atoms with Crippen LogP contribution in [0.5, 0.6) is 0 Å². The van der Waals surface area contributed by atoms with Gasteiger partial charge in [-0.3, -0.25) is 14.4 Å². The van der Waals surface area contributed by atoms with Gasteiger partial charge in [-0.15, -0.1) is 0 Å². The van der Waals surface area contributed by atoms with Crippen molar-refractivity contribution in [1.29, 1.82) is 0 Å². The summed E-state index contributed by atoms with van der Waals surface area (Å²) >= 11 is 0. The molecule has 0 aliphatic carbocycles. The average molecular weight is 373 g/mol. The highest BCUT2D eigenvalue weighted by Crippen LogP contribution is 2.19. The van der Waals surface area contributed by atoms with Gasteiger partial charge in [0, 0.05) is 36.0 Å². The molecule has 27 heavy (non-hydrogen) atoms. The molecule has 0 aliphatic heterocycles. The van der Waals surface area contributed by atoms with E-state index < -0.39 is 23.3 Å². The van der Waals surface area contributed by atoms with Crippen molar-refractivity contribution in [1.82, 2.24) is 15.6 Å². The number of carboxylic acid groups (broad SMARTS) is 1. The second kappa shape index (κ2) is 8.24. The number of aromatic amines is 1. The molecule has 0 spiro atoms. The van der Waals surface area contributed by atoms with Gasteiger partial charge in [-0.25, -0.2) is 0 Å². The van der Waals surface area contributed by atoms with Gasteiger partial charge in [0.1, 0.15) is 6.04 Å². The number of carbonyl (C=O) groups is 3. The molecule has 1 unspecified atom stereocenters. The molecule has 0 saturated heterocycles. The Balaban J connectivity index is 2.19. The zero-order valence-electron chi connectivity index (χ0n) is 16.1. The quantitative estimate of drug-likeness (QED) is 0.568. The zero-order chi connectivity index (χ0) is 20.2. The van der Waals surface area contributed by atoms with Gasteiger partial charge in [0.25, 0.3) is 0 Å². The number of hydrogen-bond donors (Lipinski definition) is 4. The van der Waals surface area contributed by atoms with E-state index in [2.05, 4.69) is 15.6 Å². The third-order valence-corrected chi connectivity index (χ3v) is 4.54. The van der Waals surface area contributed by atoms with E-state index in [1.54, 1.807) is 13.8 Å². The van der Waals surface area contributed by atoms with Gasteiger partial charge in [0.05, 0.1) is 5.41 Å². The van der Waals surface area contributed by atoms with Crippen molar-refractivity contribution in [3.8, 4) is 0 Å². The maximum Gasteiger partial charge on any atom is 0.310 e. The number of fused-ring (bicyclic) bond motifs is 1. The van der Waals surface area contributed by atoms with E-state index in [0.29, 0.717) is 6.42 Å². The molecule has 146 valence electrons. The predicted molar refractivity (Wildman–Crippen MR) is 103 cm³/mol. The number of aliphatic carboxylic acids is 1. The number of benzene rings is 1. The number of rotatable bonds is 8. The van der Waals surface area contributed by atoms with Crippen molar-refractivity contribution >= 4 is 28.7 Å². The van der Waals surface area contributed by atoms with Crippen molar-refractivity contribution in [3.05, 3.63) is 36.0 Å². The Morgan fingerprint density at radius 1 is 1.15 bits per heavy atom. The molecule has 2 aromatic rings. The van der Waals surface area contributed by atoms with E-state index in [4.69, 9.17) is 0 Å². The van der Waals surface area contributed by atoms with Crippen LogP contribution in [0, 0.1) is 11.3 Å². The average Bonchev–Trinajstić information content (AvgIpc) is 3.02. The first-order valence-electron chi connectivity index (χ1n) is 8.98. The van der Waals surface area contributed by atoms with Crippen LogP contribution < -0.4 is 10.6 Å². The summed E-state index contributed by atoms with van der Waals surface area (Å²) in [6, 6.07) is 6.94. The smallest absolute Gasteiger partial charge is 0.310 e. The van der Waals surface area contributed by atoms with Crippen molar-refractivity contribution < 1.29 is 19.5 Å². The summed E-state index contributed by atoms with van der Waals surface area (Å²) < 4.78 is 0. The van der Waals surface area contributed by atoms with Gasteiger partial charge < -0.3 is 20.7 Å². The summed E-state index contributed by atoms with van der Waals surface area (Å²) in [6.07, 6.45) is 2.13. The minimum Gasteiger partial charge on any atom is -0.481 e. The molecule has 1 atom stereocenters. The van der Waals surface area contributed by atoms with Gasteiger partial charge >= 0.3 is 5.97 Å². The third kappa shape index (κ3) is 5.09. The summed E-state index contributed by atoms with van der Waals surface area (Å²) in [7, 11) is 0. The number of amides is 2. The zero-order valence-corrected chi connectivity index (χ0v) is 16.1. The Morgan fingerprint density at radius 2 is 1.81 bits per heavy atom. The van der Waals surface area contributed by atoms with Gasteiger partial charge in [-0.05, 0) is 25.5 Å². The van der Waals surface area contributed by atoms with Crippen molar-refractivity contribution in [2.45, 2.75) is 40.2 Å². The first kappa shape index (κ1) is 20.5. The summed E-state index contributed by atoms with van der Waals surface area (Å²) in [5.74, 6) is -1.89. The van der Waals surface area contributed by atoms with Crippen LogP contribution in [0.4, 0.5) is 0 Å². The van der Waals surface area contributed by atoms with Crippen molar-refractivity contribution in [3.63, 3.8) is 0 Å². The van der Waals surface area contributed by atoms with Crippen molar-refractivity contribution in [2.24, 2.45) is 11.3 Å². The van der Waals surface area contributed by atoms with Crippen LogP contribution in [0.1, 0.15) is 33.3 Å². The van der Waals surface area contributed by atoms with Crippen LogP contribution in [-0.4, -0.2) is 40.5 Å². The highest BCUT2D eigenvalue weighted by Gasteiger charge is 2.30. The number of carbonyl (C=O) groups excluding carboxylic acids is 2. The number of hydrogen-bond acceptors (Lipinski definition) is 3. The molecular weight excluding hydrogens is 346 g/mol. The van der Waals surface area contributed by atoms with E-state index in [9.17, 15) is 19.5 Å². The lowest BCUT2D eigenvalue weighted by Gasteiger charge is -2.23. The molecule has 0 bridgehead atoms. The molecule has 2 amide bonds. The molecular formula is C20H27N3O4. The Labute approximate surface area is 158 Å². The summed E-state index contributed by atoms with van der Waals surface area (Å²) in [5, 5.41) is 15.6. The molecule has 1 aromatic carbocycles.